The van der Waals surface area contributed by atoms with Crippen LogP contribution in [0.1, 0.15) is 79.2 Å². The molecule has 2 heterocycles. The van der Waals surface area contributed by atoms with Crippen LogP contribution in [0.4, 0.5) is 0 Å². The number of methoxy groups -OCH3 is 2. The second-order valence-electron chi connectivity index (χ2n) is 13.5. The molecule has 4 aromatic rings. The Labute approximate surface area is 297 Å². The summed E-state index contributed by atoms with van der Waals surface area (Å²) in [5.74, 6) is 1.78. The number of thiophene rings is 1. The molecular formula is C41H51ClN2O3S. The Hall–Kier alpha value is -3.32. The van der Waals surface area contributed by atoms with Gasteiger partial charge in [-0.25, -0.2) is 0 Å². The summed E-state index contributed by atoms with van der Waals surface area (Å²) in [7, 11) is 3.46. The molecule has 7 heteroatoms. The van der Waals surface area contributed by atoms with E-state index in [9.17, 15) is 4.79 Å². The van der Waals surface area contributed by atoms with Crippen molar-refractivity contribution in [3.8, 4) is 11.5 Å². The fourth-order valence-corrected chi connectivity index (χ4v) is 9.04. The molecule has 1 aliphatic heterocycles. The molecule has 6 rings (SSSR count). The van der Waals surface area contributed by atoms with E-state index in [-0.39, 0.29) is 29.3 Å². The Morgan fingerprint density at radius 2 is 1.54 bits per heavy atom. The Bertz CT molecular complexity index is 1540. The molecule has 3 aromatic carbocycles. The van der Waals surface area contributed by atoms with Crippen molar-refractivity contribution in [2.24, 2.45) is 0 Å². The highest BCUT2D eigenvalue weighted by molar-refractivity contribution is 7.08. The van der Waals surface area contributed by atoms with Gasteiger partial charge in [-0.1, -0.05) is 67.1 Å². The third kappa shape index (κ3) is 8.10. The second-order valence-corrected chi connectivity index (χ2v) is 14.3. The lowest BCUT2D eigenvalue weighted by Gasteiger charge is -2.50. The molecule has 1 aliphatic carbocycles. The molecule has 0 radical (unpaired) electrons. The van der Waals surface area contributed by atoms with Crippen molar-refractivity contribution in [3.63, 3.8) is 0 Å². The highest BCUT2D eigenvalue weighted by Gasteiger charge is 2.42. The van der Waals surface area contributed by atoms with E-state index in [0.29, 0.717) is 13.0 Å². The topological polar surface area (TPSA) is 50.8 Å². The SMILES string of the molecule is COc1cc2c(cc1OC)CC1(CCCCN1CCCC(CCCNC(=O)Cc1ccsc1)(c1ccccc1)c1ccccc1)CC2.Cl. The molecule has 1 fully saturated rings. The quantitative estimate of drug-likeness (QED) is 0.135. The number of nitrogens with zero attached hydrogens (tertiary/aromatic N) is 1. The smallest absolute Gasteiger partial charge is 0.224 e. The number of rotatable bonds is 14. The van der Waals surface area contributed by atoms with Gasteiger partial charge in [0.1, 0.15) is 0 Å². The maximum atomic E-state index is 12.7. The van der Waals surface area contributed by atoms with Crippen molar-refractivity contribution in [1.29, 1.82) is 0 Å². The predicted molar refractivity (Wildman–Crippen MR) is 200 cm³/mol. The van der Waals surface area contributed by atoms with Gasteiger partial charge in [0.25, 0.3) is 0 Å². The van der Waals surface area contributed by atoms with Crippen molar-refractivity contribution < 1.29 is 14.3 Å². The largest absolute Gasteiger partial charge is 0.493 e. The molecule has 5 nitrogen and oxygen atoms in total. The first-order chi connectivity index (χ1) is 23.0. The van der Waals surface area contributed by atoms with Gasteiger partial charge in [-0.3, -0.25) is 9.69 Å². The fraction of sp³-hybridized carbons (Fsp3) is 0.439. The minimum atomic E-state index is -0.118. The van der Waals surface area contributed by atoms with E-state index in [1.54, 1.807) is 25.6 Å². The van der Waals surface area contributed by atoms with E-state index >= 15 is 0 Å². The molecule has 1 spiro atoms. The first-order valence-electron chi connectivity index (χ1n) is 17.4. The highest BCUT2D eigenvalue weighted by Crippen LogP contribution is 2.45. The zero-order chi connectivity index (χ0) is 32.5. The van der Waals surface area contributed by atoms with Gasteiger partial charge in [-0.05, 0) is 128 Å². The van der Waals surface area contributed by atoms with Gasteiger partial charge in [0, 0.05) is 17.5 Å². The lowest BCUT2D eigenvalue weighted by molar-refractivity contribution is -0.120. The van der Waals surface area contributed by atoms with E-state index in [1.807, 2.05) is 11.4 Å². The Morgan fingerprint density at radius 3 is 2.19 bits per heavy atom. The molecule has 1 saturated heterocycles. The number of ether oxygens (including phenoxy) is 2. The van der Waals surface area contributed by atoms with Crippen molar-refractivity contribution in [2.75, 3.05) is 33.9 Å². The van der Waals surface area contributed by atoms with Crippen LogP contribution in [-0.4, -0.2) is 50.2 Å². The van der Waals surface area contributed by atoms with E-state index in [0.717, 1.165) is 62.1 Å². The summed E-state index contributed by atoms with van der Waals surface area (Å²) in [6, 6.07) is 28.7. The van der Waals surface area contributed by atoms with Gasteiger partial charge in [0.05, 0.1) is 20.6 Å². The van der Waals surface area contributed by atoms with Crippen LogP contribution < -0.4 is 14.8 Å². The Kier molecular flexibility index (Phi) is 12.6. The standard InChI is InChI=1S/C41H50N2O3S.ClH/c1-45-37-28-33-17-22-40(30-34(33)29-38(37)46-2)19-9-10-24-43(40)25-12-21-41(35-13-5-3-6-14-35,36-15-7-4-8-16-36)20-11-23-42-39(44)27-32-18-26-47-31-32;/h3-8,13-16,18,26,28-29,31H,9-12,17,19-25,27,30H2,1-2H3,(H,42,44);1H. The number of carbonyl (C=O) groups excluding carboxylic acids is 1. The van der Waals surface area contributed by atoms with Gasteiger partial charge >= 0.3 is 0 Å². The van der Waals surface area contributed by atoms with Gasteiger partial charge in [-0.2, -0.15) is 11.3 Å². The van der Waals surface area contributed by atoms with Gasteiger partial charge < -0.3 is 14.8 Å². The number of hydrogen-bond donors (Lipinski definition) is 1. The van der Waals surface area contributed by atoms with Crippen molar-refractivity contribution in [3.05, 3.63) is 117 Å². The molecule has 0 saturated carbocycles. The van der Waals surface area contributed by atoms with E-state index < -0.39 is 0 Å². The molecule has 1 N–H and O–H groups in total. The van der Waals surface area contributed by atoms with E-state index in [1.165, 1.54) is 54.5 Å². The summed E-state index contributed by atoms with van der Waals surface area (Å²) in [6.07, 6.45) is 11.7. The maximum absolute atomic E-state index is 12.7. The summed E-state index contributed by atoms with van der Waals surface area (Å²) in [5, 5.41) is 7.30. The molecule has 1 amide bonds. The summed E-state index contributed by atoms with van der Waals surface area (Å²) in [6.45, 7) is 2.96. The zero-order valence-corrected chi connectivity index (χ0v) is 30.2. The van der Waals surface area contributed by atoms with Crippen molar-refractivity contribution in [1.82, 2.24) is 10.2 Å². The molecular weight excluding hydrogens is 636 g/mol. The fourth-order valence-electron chi connectivity index (χ4n) is 8.37. The molecule has 256 valence electrons. The first kappa shape index (κ1) is 36.0. The van der Waals surface area contributed by atoms with E-state index in [4.69, 9.17) is 9.47 Å². The minimum absolute atomic E-state index is 0. The third-order valence-electron chi connectivity index (χ3n) is 10.8. The number of amides is 1. The van der Waals surface area contributed by atoms with Crippen LogP contribution in [-0.2, 0) is 29.5 Å². The number of piperidine rings is 1. The summed E-state index contributed by atoms with van der Waals surface area (Å²) in [5.41, 5.74) is 6.75. The predicted octanol–water partition coefficient (Wildman–Crippen LogP) is 8.81. The number of aryl methyl sites for hydroxylation is 1. The van der Waals surface area contributed by atoms with Crippen LogP contribution in [0.3, 0.4) is 0 Å². The van der Waals surface area contributed by atoms with Crippen LogP contribution in [0.25, 0.3) is 0 Å². The Morgan fingerprint density at radius 1 is 0.875 bits per heavy atom. The average molecular weight is 687 g/mol. The number of fused-ring (bicyclic) bond motifs is 1. The molecule has 1 atom stereocenters. The molecule has 1 aromatic heterocycles. The van der Waals surface area contributed by atoms with Crippen LogP contribution in [0.15, 0.2) is 89.6 Å². The molecule has 0 bridgehead atoms. The van der Waals surface area contributed by atoms with Crippen LogP contribution in [0.2, 0.25) is 0 Å². The molecule has 48 heavy (non-hydrogen) atoms. The minimum Gasteiger partial charge on any atom is -0.493 e. The lowest BCUT2D eigenvalue weighted by Crippen LogP contribution is -2.55. The third-order valence-corrected chi connectivity index (χ3v) is 11.5. The van der Waals surface area contributed by atoms with Crippen LogP contribution >= 0.6 is 23.7 Å². The van der Waals surface area contributed by atoms with Crippen molar-refractivity contribution >= 4 is 29.7 Å². The highest BCUT2D eigenvalue weighted by atomic mass is 35.5. The number of nitrogens with one attached hydrogen (secondary N) is 1. The second kappa shape index (κ2) is 16.9. The number of halogens is 1. The van der Waals surface area contributed by atoms with Gasteiger partial charge in [0.2, 0.25) is 5.91 Å². The van der Waals surface area contributed by atoms with Gasteiger partial charge in [-0.15, -0.1) is 12.4 Å². The normalized spacial score (nSPS) is 17.7. The van der Waals surface area contributed by atoms with Crippen LogP contribution in [0, 0.1) is 0 Å². The molecule has 2 aliphatic rings. The number of hydrogen-bond acceptors (Lipinski definition) is 5. The Balaban J connectivity index is 0.00000451. The number of carbonyl (C=O) groups is 1. The molecule has 1 unspecified atom stereocenters. The summed E-state index contributed by atoms with van der Waals surface area (Å²) < 4.78 is 11.3. The summed E-state index contributed by atoms with van der Waals surface area (Å²) in [4.78, 5) is 15.5. The number of likely N-dealkylation sites (tertiary alicyclic amines) is 1. The average Bonchev–Trinajstić information content (AvgIpc) is 3.63. The first-order valence-corrected chi connectivity index (χ1v) is 18.4. The monoisotopic (exact) mass is 686 g/mol. The van der Waals surface area contributed by atoms with Crippen LogP contribution in [0.5, 0.6) is 11.5 Å². The zero-order valence-electron chi connectivity index (χ0n) is 28.5. The number of benzene rings is 3. The lowest BCUT2D eigenvalue weighted by atomic mass is 9.68. The van der Waals surface area contributed by atoms with Gasteiger partial charge in [0.15, 0.2) is 11.5 Å². The van der Waals surface area contributed by atoms with E-state index in [2.05, 4.69) is 88.4 Å². The summed E-state index contributed by atoms with van der Waals surface area (Å²) >= 11 is 1.64. The van der Waals surface area contributed by atoms with Crippen molar-refractivity contribution in [2.45, 2.75) is 81.6 Å². The maximum Gasteiger partial charge on any atom is 0.224 e.